The minimum atomic E-state index is -0.832. The van der Waals surface area contributed by atoms with Crippen LogP contribution in [0.2, 0.25) is 0 Å². The molecule has 0 fully saturated rings. The quantitative estimate of drug-likeness (QED) is 0.0680. The van der Waals surface area contributed by atoms with Crippen LogP contribution in [0.3, 0.4) is 0 Å². The number of ether oxygens (including phenoxy) is 3. The van der Waals surface area contributed by atoms with Gasteiger partial charge in [-0.15, -0.1) is 0 Å². The van der Waals surface area contributed by atoms with Gasteiger partial charge in [0.25, 0.3) is 0 Å². The summed E-state index contributed by atoms with van der Waals surface area (Å²) < 4.78 is 13.9. The zero-order valence-electron chi connectivity index (χ0n) is 26.1. The Bertz CT molecular complexity index is 872. The Morgan fingerprint density at radius 3 is 0.837 bits per heavy atom. The van der Waals surface area contributed by atoms with E-state index in [9.17, 15) is 44.1 Å². The van der Waals surface area contributed by atoms with Gasteiger partial charge < -0.3 is 29.5 Å². The average molecular weight is 656 g/mol. The monoisotopic (exact) mass is 656 g/mol. The molecule has 0 aromatic heterocycles. The molecule has 1 radical (unpaired) electrons. The third-order valence-corrected chi connectivity index (χ3v) is 4.10. The van der Waals surface area contributed by atoms with Gasteiger partial charge in [-0.3, -0.25) is 29.4 Å². The van der Waals surface area contributed by atoms with Crippen molar-refractivity contribution in [1.29, 1.82) is 0 Å². The van der Waals surface area contributed by atoms with Crippen molar-refractivity contribution in [2.75, 3.05) is 19.8 Å². The van der Waals surface area contributed by atoms with Gasteiger partial charge in [0, 0.05) is 19.3 Å². The van der Waals surface area contributed by atoms with Gasteiger partial charge in [-0.25, -0.2) is 14.4 Å². The number of aliphatic imine (C=N–C) groups is 3. The van der Waals surface area contributed by atoms with Crippen molar-refractivity contribution < 1.29 is 75.4 Å². The van der Waals surface area contributed by atoms with Gasteiger partial charge in [0.05, 0.1) is 19.8 Å². The number of nitrogens with zero attached hydrogens (tertiary/aromatic N) is 3. The van der Waals surface area contributed by atoms with Crippen LogP contribution in [-0.4, -0.2) is 90.9 Å². The van der Waals surface area contributed by atoms with Crippen LogP contribution < -0.4 is 15.3 Å². The van der Waals surface area contributed by atoms with Crippen molar-refractivity contribution in [3.05, 3.63) is 0 Å². The molecule has 0 N–H and O–H groups in total. The summed E-state index contributed by atoms with van der Waals surface area (Å²) in [5, 5.41) is 32.9. The Hall–Kier alpha value is -3.65. The molecule has 0 aliphatic rings. The minimum Gasteiger partial charge on any atom is -0.862 e. The van der Waals surface area contributed by atoms with E-state index in [4.69, 9.17) is 0 Å². The van der Waals surface area contributed by atoms with Crippen molar-refractivity contribution >= 4 is 53.0 Å². The normalized spacial score (nSPS) is 13.2. The molecular weight excluding hydrogens is 614 g/mol. The van der Waals surface area contributed by atoms with E-state index in [0.717, 1.165) is 0 Å². The molecule has 245 valence electrons. The predicted molar refractivity (Wildman–Crippen MR) is 146 cm³/mol. The Morgan fingerprint density at radius 1 is 0.512 bits per heavy atom. The molecule has 0 saturated carbocycles. The third kappa shape index (κ3) is 29.6. The van der Waals surface area contributed by atoms with Gasteiger partial charge in [0.2, 0.25) is 0 Å². The molecule has 0 amide bonds. The molecule has 0 aromatic rings. The summed E-state index contributed by atoms with van der Waals surface area (Å²) in [6.07, 6.45) is -0.781. The molecule has 0 unspecified atom stereocenters. The summed E-state index contributed by atoms with van der Waals surface area (Å²) in [6.45, 7) is 14.0. The molecule has 0 heterocycles. The molecule has 16 heteroatoms. The zero-order chi connectivity index (χ0) is 33.4. The van der Waals surface area contributed by atoms with Crippen LogP contribution in [0.5, 0.6) is 0 Å². The van der Waals surface area contributed by atoms with Gasteiger partial charge in [-0.1, -0.05) is 0 Å². The molecular formula is C27H42FeN3O12. The van der Waals surface area contributed by atoms with E-state index in [1.165, 1.54) is 41.5 Å². The average Bonchev–Trinajstić information content (AvgIpc) is 2.83. The molecule has 43 heavy (non-hydrogen) atoms. The second kappa shape index (κ2) is 27.2. The first kappa shape index (κ1) is 46.3. The van der Waals surface area contributed by atoms with Crippen molar-refractivity contribution in [3.63, 3.8) is 0 Å². The first-order valence-electron chi connectivity index (χ1n) is 13.1. The maximum atomic E-state index is 11.0. The molecule has 3 atom stereocenters. The number of esters is 3. The first-order chi connectivity index (χ1) is 19.4. The van der Waals surface area contributed by atoms with Gasteiger partial charge in [0.15, 0.2) is 0 Å². The molecule has 0 spiro atoms. The van der Waals surface area contributed by atoms with E-state index >= 15 is 0 Å². The summed E-state index contributed by atoms with van der Waals surface area (Å²) in [7, 11) is 0. The van der Waals surface area contributed by atoms with Crippen LogP contribution in [0.25, 0.3) is 0 Å². The van der Waals surface area contributed by atoms with Crippen LogP contribution in [0.15, 0.2) is 15.0 Å². The van der Waals surface area contributed by atoms with Crippen molar-refractivity contribution in [2.24, 2.45) is 15.0 Å². The minimum absolute atomic E-state index is 0. The number of hydrogen-bond acceptors (Lipinski definition) is 15. The summed E-state index contributed by atoms with van der Waals surface area (Å²) >= 11 is 0. The maximum absolute atomic E-state index is 11.0. The molecule has 0 aliphatic carbocycles. The molecule has 0 saturated heterocycles. The summed E-state index contributed by atoms with van der Waals surface area (Å²) in [6, 6.07) is -2.50. The van der Waals surface area contributed by atoms with Crippen molar-refractivity contribution in [2.45, 2.75) is 99.7 Å². The third-order valence-electron chi connectivity index (χ3n) is 4.10. The molecule has 0 bridgehead atoms. The van der Waals surface area contributed by atoms with Crippen LogP contribution in [0, 0.1) is 0 Å². The van der Waals surface area contributed by atoms with Gasteiger partial charge in [-0.05, 0) is 80.0 Å². The molecule has 0 rings (SSSR count). The number of ketones is 3. The van der Waals surface area contributed by atoms with Crippen molar-refractivity contribution in [1.82, 2.24) is 0 Å². The summed E-state index contributed by atoms with van der Waals surface area (Å²) in [5.41, 5.74) is 0. The smallest absolute Gasteiger partial charge is 0.862 e. The first-order valence-corrected chi connectivity index (χ1v) is 13.1. The molecule has 0 aromatic carbocycles. The fourth-order valence-corrected chi connectivity index (χ4v) is 2.37. The Balaban J connectivity index is -0.000000262. The fourth-order valence-electron chi connectivity index (χ4n) is 2.37. The second-order valence-corrected chi connectivity index (χ2v) is 8.49. The fraction of sp³-hybridized carbons (Fsp3) is 0.667. The molecule has 15 nitrogen and oxygen atoms in total. The van der Waals surface area contributed by atoms with Gasteiger partial charge >= 0.3 is 35.0 Å². The number of carbonyl (C=O) groups excluding carboxylic acids is 6. The van der Waals surface area contributed by atoms with Crippen LogP contribution in [0.4, 0.5) is 0 Å². The Kier molecular flexibility index (Phi) is 29.3. The topological polar surface area (TPSA) is 236 Å². The van der Waals surface area contributed by atoms with E-state index in [-0.39, 0.29) is 73.5 Å². The Labute approximate surface area is 262 Å². The number of carbonyl (C=O) groups is 6. The zero-order valence-corrected chi connectivity index (χ0v) is 27.2. The number of rotatable bonds is 15. The SMILES string of the molecule is CCOC(=O)[C@H](C)N=C([O-])CC(C)=O.CCOC(=O)[C@H](C)N=C([O-])CC(C)=O.CCOC(=O)[C@H](C)N=C([O-])CC(C)=O.[Fe+3]. The van der Waals surface area contributed by atoms with Crippen LogP contribution in [0.1, 0.15) is 81.6 Å². The summed E-state index contributed by atoms with van der Waals surface area (Å²) in [5.74, 6) is -4.22. The van der Waals surface area contributed by atoms with Gasteiger partial charge in [-0.2, -0.15) is 0 Å². The second-order valence-electron chi connectivity index (χ2n) is 8.49. The largest absolute Gasteiger partial charge is 3.00 e. The van der Waals surface area contributed by atoms with E-state index in [2.05, 4.69) is 29.2 Å². The van der Waals surface area contributed by atoms with Crippen LogP contribution >= 0.6 is 0 Å². The van der Waals surface area contributed by atoms with E-state index < -0.39 is 53.7 Å². The predicted octanol–water partition coefficient (Wildman–Crippen LogP) is -0.975. The van der Waals surface area contributed by atoms with Crippen LogP contribution in [-0.2, 0) is 60.0 Å². The van der Waals surface area contributed by atoms with E-state index in [1.807, 2.05) is 0 Å². The standard InChI is InChI=1S/3C9H15NO4.Fe/c3*1-4-14-9(13)7(3)10-8(12)5-6(2)11;/h3*7H,4-5H2,1-3H3,(H,10,12);/q;;;+3/p-3/t3*7-;/m000./s1. The molecule has 0 aliphatic heterocycles. The van der Waals surface area contributed by atoms with E-state index in [1.54, 1.807) is 20.8 Å². The maximum Gasteiger partial charge on any atom is 3.00 e. The number of hydrogen-bond donors (Lipinski definition) is 0. The van der Waals surface area contributed by atoms with E-state index in [0.29, 0.717) is 0 Å². The number of Topliss-reactive ketones (excluding diaryl/α,β-unsaturated/α-hetero) is 3. The summed E-state index contributed by atoms with van der Waals surface area (Å²) in [4.78, 5) is 75.1. The Morgan fingerprint density at radius 2 is 0.698 bits per heavy atom. The van der Waals surface area contributed by atoms with Crippen molar-refractivity contribution in [3.8, 4) is 0 Å². The van der Waals surface area contributed by atoms with Gasteiger partial charge in [0.1, 0.15) is 35.5 Å².